The molecule has 7 nitrogen and oxygen atoms in total. The first-order valence-corrected chi connectivity index (χ1v) is 10.6. The van der Waals surface area contributed by atoms with Crippen LogP contribution < -0.4 is 15.5 Å². The van der Waals surface area contributed by atoms with Crippen molar-refractivity contribution in [3.05, 3.63) is 60.0 Å². The van der Waals surface area contributed by atoms with Crippen molar-refractivity contribution >= 4 is 17.5 Å². The molecule has 2 aromatic heterocycles. The van der Waals surface area contributed by atoms with Crippen molar-refractivity contribution in [3.8, 4) is 11.1 Å². The summed E-state index contributed by atoms with van der Waals surface area (Å²) in [5, 5.41) is 7.06. The number of pyridine rings is 1. The van der Waals surface area contributed by atoms with Gasteiger partial charge in [0.2, 0.25) is 5.95 Å². The Morgan fingerprint density at radius 1 is 0.900 bits per heavy atom. The van der Waals surface area contributed by atoms with E-state index in [1.807, 2.05) is 24.5 Å². The van der Waals surface area contributed by atoms with Gasteiger partial charge in [-0.25, -0.2) is 4.98 Å². The predicted molar refractivity (Wildman–Crippen MR) is 116 cm³/mol. The van der Waals surface area contributed by atoms with Gasteiger partial charge in [-0.05, 0) is 48.2 Å². The van der Waals surface area contributed by atoms with Gasteiger partial charge in [0, 0.05) is 48.8 Å². The Labute approximate surface area is 175 Å². The van der Waals surface area contributed by atoms with Crippen molar-refractivity contribution in [2.45, 2.75) is 38.1 Å². The van der Waals surface area contributed by atoms with Gasteiger partial charge in [0.05, 0.1) is 18.9 Å². The lowest BCUT2D eigenvalue weighted by atomic mass is 10.1. The number of ether oxygens (including phenoxy) is 1. The molecule has 0 spiro atoms. The molecule has 3 aromatic rings. The van der Waals surface area contributed by atoms with Gasteiger partial charge >= 0.3 is 0 Å². The maximum Gasteiger partial charge on any atom is 0.228 e. The average molecular weight is 400 g/mol. The molecule has 0 amide bonds. The molecule has 6 rings (SSSR count). The number of rotatable bonds is 4. The number of nitrogens with one attached hydrogen (secondary N) is 2. The van der Waals surface area contributed by atoms with Crippen molar-refractivity contribution in [1.82, 2.24) is 20.3 Å². The van der Waals surface area contributed by atoms with Crippen molar-refractivity contribution in [2.75, 3.05) is 23.3 Å². The molecule has 0 aliphatic carbocycles. The number of hydrogen-bond donors (Lipinski definition) is 2. The summed E-state index contributed by atoms with van der Waals surface area (Å²) >= 11 is 0. The van der Waals surface area contributed by atoms with Gasteiger partial charge in [-0.3, -0.25) is 4.98 Å². The Morgan fingerprint density at radius 2 is 1.63 bits per heavy atom. The van der Waals surface area contributed by atoms with Crippen molar-refractivity contribution < 1.29 is 4.74 Å². The fraction of sp³-hybridized carbons (Fsp3) is 0.348. The molecule has 2 atom stereocenters. The zero-order valence-electron chi connectivity index (χ0n) is 16.7. The van der Waals surface area contributed by atoms with Gasteiger partial charge in [0.15, 0.2) is 0 Å². The Balaban J connectivity index is 1.31. The lowest BCUT2D eigenvalue weighted by Gasteiger charge is -2.35. The van der Waals surface area contributed by atoms with Gasteiger partial charge in [-0.15, -0.1) is 0 Å². The number of anilines is 3. The molecule has 2 saturated heterocycles. The molecule has 2 unspecified atom stereocenters. The fourth-order valence-electron chi connectivity index (χ4n) is 4.79. The number of aromatic nitrogens is 3. The van der Waals surface area contributed by atoms with Crippen LogP contribution in [0, 0.1) is 0 Å². The highest BCUT2D eigenvalue weighted by Crippen LogP contribution is 2.35. The first kappa shape index (κ1) is 17.8. The maximum absolute atomic E-state index is 5.70. The van der Waals surface area contributed by atoms with Crippen molar-refractivity contribution in [1.29, 1.82) is 0 Å². The molecule has 2 fully saturated rings. The third-order valence-electron chi connectivity index (χ3n) is 6.34. The van der Waals surface area contributed by atoms with E-state index in [0.29, 0.717) is 25.3 Å². The molecular weight excluding hydrogens is 376 g/mol. The number of fused-ring (bicyclic) bond motifs is 3. The standard InChI is InChI=1S/C23H24N6O/c1-3-17(4-2-15(1)16-7-9-24-10-8-16)26-22-20-13-30-14-21(20)27-23(28-22)29-18-5-6-19(29)12-25-11-18/h1-4,7-10,18-19,25H,5-6,11-14H2,(H,26,27,28). The van der Waals surface area contributed by atoms with E-state index < -0.39 is 0 Å². The van der Waals surface area contributed by atoms with E-state index in [4.69, 9.17) is 14.7 Å². The van der Waals surface area contributed by atoms with Crippen LogP contribution in [0.2, 0.25) is 0 Å². The Bertz CT molecular complexity index is 1040. The molecule has 0 saturated carbocycles. The van der Waals surface area contributed by atoms with Gasteiger partial charge in [-0.1, -0.05) is 12.1 Å². The van der Waals surface area contributed by atoms with Crippen LogP contribution in [0.5, 0.6) is 0 Å². The molecule has 1 aromatic carbocycles. The van der Waals surface area contributed by atoms with Gasteiger partial charge < -0.3 is 20.3 Å². The molecule has 5 heterocycles. The van der Waals surface area contributed by atoms with Crippen LogP contribution in [0.25, 0.3) is 11.1 Å². The second-order valence-corrected chi connectivity index (χ2v) is 8.18. The van der Waals surface area contributed by atoms with E-state index in [1.165, 1.54) is 12.8 Å². The highest BCUT2D eigenvalue weighted by Gasteiger charge is 2.39. The second-order valence-electron chi connectivity index (χ2n) is 8.18. The van der Waals surface area contributed by atoms with Crippen LogP contribution in [0.15, 0.2) is 48.8 Å². The van der Waals surface area contributed by atoms with Crippen LogP contribution in [0.1, 0.15) is 24.1 Å². The zero-order chi connectivity index (χ0) is 19.9. The third kappa shape index (κ3) is 3.11. The minimum absolute atomic E-state index is 0.483. The Morgan fingerprint density at radius 3 is 2.40 bits per heavy atom. The van der Waals surface area contributed by atoms with E-state index in [9.17, 15) is 0 Å². The zero-order valence-corrected chi connectivity index (χ0v) is 16.7. The molecule has 152 valence electrons. The summed E-state index contributed by atoms with van der Waals surface area (Å²) in [5.74, 6) is 1.70. The van der Waals surface area contributed by atoms with Crippen LogP contribution in [0.4, 0.5) is 17.5 Å². The molecule has 30 heavy (non-hydrogen) atoms. The topological polar surface area (TPSA) is 75.2 Å². The summed E-state index contributed by atoms with van der Waals surface area (Å²) in [4.78, 5) is 16.4. The van der Waals surface area contributed by atoms with Gasteiger partial charge in [-0.2, -0.15) is 4.98 Å². The minimum atomic E-state index is 0.483. The summed E-state index contributed by atoms with van der Waals surface area (Å²) in [6.45, 7) is 3.13. The number of benzene rings is 1. The fourth-order valence-corrected chi connectivity index (χ4v) is 4.79. The first-order chi connectivity index (χ1) is 14.8. The van der Waals surface area contributed by atoms with E-state index in [0.717, 1.165) is 52.9 Å². The summed E-state index contributed by atoms with van der Waals surface area (Å²) in [5.41, 5.74) is 5.41. The number of piperazine rings is 1. The molecule has 3 aliphatic heterocycles. The van der Waals surface area contributed by atoms with E-state index >= 15 is 0 Å². The quantitative estimate of drug-likeness (QED) is 0.696. The van der Waals surface area contributed by atoms with Crippen LogP contribution in [-0.2, 0) is 18.0 Å². The molecule has 2 N–H and O–H groups in total. The summed E-state index contributed by atoms with van der Waals surface area (Å²) in [7, 11) is 0. The molecule has 2 bridgehead atoms. The van der Waals surface area contributed by atoms with Crippen molar-refractivity contribution in [3.63, 3.8) is 0 Å². The monoisotopic (exact) mass is 400 g/mol. The third-order valence-corrected chi connectivity index (χ3v) is 6.34. The Kier molecular flexibility index (Phi) is 4.35. The van der Waals surface area contributed by atoms with Crippen LogP contribution >= 0.6 is 0 Å². The van der Waals surface area contributed by atoms with E-state index in [-0.39, 0.29) is 0 Å². The SMILES string of the molecule is c1cc(-c2ccc(Nc3nc(N4C5CCC4CNC5)nc4c3COC4)cc2)ccn1. The highest BCUT2D eigenvalue weighted by molar-refractivity contribution is 5.68. The second kappa shape index (κ2) is 7.34. The normalized spacial score (nSPS) is 22.2. The summed E-state index contributed by atoms with van der Waals surface area (Å²) in [6, 6.07) is 13.4. The largest absolute Gasteiger partial charge is 0.370 e. The summed E-state index contributed by atoms with van der Waals surface area (Å²) in [6.07, 6.45) is 6.04. The Hall–Kier alpha value is -3.03. The highest BCUT2D eigenvalue weighted by atomic mass is 16.5. The first-order valence-electron chi connectivity index (χ1n) is 10.6. The predicted octanol–water partition coefficient (Wildman–Crippen LogP) is 3.25. The molecule has 3 aliphatic rings. The van der Waals surface area contributed by atoms with Crippen LogP contribution in [-0.4, -0.2) is 40.1 Å². The smallest absolute Gasteiger partial charge is 0.228 e. The lowest BCUT2D eigenvalue weighted by Crippen LogP contribution is -2.52. The lowest BCUT2D eigenvalue weighted by molar-refractivity contribution is 0.133. The van der Waals surface area contributed by atoms with Gasteiger partial charge in [0.25, 0.3) is 0 Å². The number of nitrogens with zero attached hydrogens (tertiary/aromatic N) is 4. The summed E-state index contributed by atoms with van der Waals surface area (Å²) < 4.78 is 5.70. The van der Waals surface area contributed by atoms with Gasteiger partial charge in [0.1, 0.15) is 5.82 Å². The van der Waals surface area contributed by atoms with E-state index in [2.05, 4.69) is 44.8 Å². The number of hydrogen-bond acceptors (Lipinski definition) is 7. The van der Waals surface area contributed by atoms with Crippen LogP contribution in [0.3, 0.4) is 0 Å². The molecule has 7 heteroatoms. The molecule has 0 radical (unpaired) electrons. The maximum atomic E-state index is 5.70. The molecular formula is C23H24N6O. The minimum Gasteiger partial charge on any atom is -0.370 e. The van der Waals surface area contributed by atoms with Crippen molar-refractivity contribution in [2.24, 2.45) is 0 Å². The van der Waals surface area contributed by atoms with E-state index in [1.54, 1.807) is 0 Å². The average Bonchev–Trinajstić information content (AvgIpc) is 3.36.